The highest BCUT2D eigenvalue weighted by molar-refractivity contribution is 6.29. The van der Waals surface area contributed by atoms with Crippen molar-refractivity contribution in [3.8, 4) is 0 Å². The molecule has 2 unspecified atom stereocenters. The van der Waals surface area contributed by atoms with E-state index in [9.17, 15) is 4.79 Å². The van der Waals surface area contributed by atoms with Crippen molar-refractivity contribution >= 4 is 23.4 Å². The van der Waals surface area contributed by atoms with Gasteiger partial charge in [-0.1, -0.05) is 37.8 Å². The Labute approximate surface area is 124 Å². The minimum absolute atomic E-state index is 0.173. The molecule has 110 valence electrons. The maximum atomic E-state index is 11.1. The van der Waals surface area contributed by atoms with Gasteiger partial charge in [0.25, 0.3) is 0 Å². The molecule has 0 aliphatic heterocycles. The number of carboxylic acids is 1. The number of halogens is 1. The summed E-state index contributed by atoms with van der Waals surface area (Å²) >= 11 is 5.82. The Morgan fingerprint density at radius 3 is 3.00 bits per heavy atom. The van der Waals surface area contributed by atoms with Crippen LogP contribution < -0.4 is 5.32 Å². The van der Waals surface area contributed by atoms with Crippen LogP contribution in [0.15, 0.2) is 12.1 Å². The van der Waals surface area contributed by atoms with Crippen molar-refractivity contribution in [1.82, 2.24) is 4.98 Å². The summed E-state index contributed by atoms with van der Waals surface area (Å²) in [5, 5.41) is 12.5. The molecular formula is C15H21ClN2O2. The van der Waals surface area contributed by atoms with Gasteiger partial charge in [0.2, 0.25) is 0 Å². The summed E-state index contributed by atoms with van der Waals surface area (Å²) in [4.78, 5) is 15.2. The summed E-state index contributed by atoms with van der Waals surface area (Å²) in [5.74, 6) is 0.933. The van der Waals surface area contributed by atoms with E-state index in [-0.39, 0.29) is 5.56 Å². The van der Waals surface area contributed by atoms with E-state index in [4.69, 9.17) is 16.7 Å². The van der Waals surface area contributed by atoms with E-state index in [1.807, 2.05) is 0 Å². The van der Waals surface area contributed by atoms with E-state index in [1.54, 1.807) is 0 Å². The number of nitrogens with one attached hydrogen (secondary N) is 1. The van der Waals surface area contributed by atoms with Crippen LogP contribution in [0, 0.1) is 11.8 Å². The van der Waals surface area contributed by atoms with Crippen molar-refractivity contribution in [2.24, 2.45) is 11.8 Å². The van der Waals surface area contributed by atoms with E-state index in [0.717, 1.165) is 24.8 Å². The van der Waals surface area contributed by atoms with Crippen LogP contribution in [0.1, 0.15) is 49.4 Å². The van der Waals surface area contributed by atoms with E-state index in [2.05, 4.69) is 17.2 Å². The number of pyridine rings is 1. The molecule has 0 spiro atoms. The van der Waals surface area contributed by atoms with E-state index in [0.29, 0.717) is 11.0 Å². The van der Waals surface area contributed by atoms with Gasteiger partial charge < -0.3 is 10.4 Å². The van der Waals surface area contributed by atoms with Gasteiger partial charge >= 0.3 is 5.97 Å². The molecule has 2 N–H and O–H groups in total. The lowest BCUT2D eigenvalue weighted by Gasteiger charge is -2.26. The van der Waals surface area contributed by atoms with Crippen molar-refractivity contribution in [2.45, 2.75) is 39.0 Å². The third-order valence-electron chi connectivity index (χ3n) is 3.98. The molecule has 1 fully saturated rings. The third-order valence-corrected chi connectivity index (χ3v) is 4.19. The summed E-state index contributed by atoms with van der Waals surface area (Å²) in [7, 11) is 0. The summed E-state index contributed by atoms with van der Waals surface area (Å²) in [6, 6.07) is 2.99. The van der Waals surface area contributed by atoms with E-state index in [1.165, 1.54) is 37.8 Å². The lowest BCUT2D eigenvalue weighted by Crippen LogP contribution is -2.17. The number of anilines is 1. The van der Waals surface area contributed by atoms with E-state index >= 15 is 0 Å². The van der Waals surface area contributed by atoms with Crippen LogP contribution in [-0.2, 0) is 0 Å². The highest BCUT2D eigenvalue weighted by Gasteiger charge is 2.19. The second kappa shape index (κ2) is 6.93. The van der Waals surface area contributed by atoms with Crippen LogP contribution in [-0.4, -0.2) is 22.6 Å². The molecule has 1 aliphatic carbocycles. The van der Waals surface area contributed by atoms with Crippen LogP contribution in [0.3, 0.4) is 0 Å². The van der Waals surface area contributed by atoms with Crippen molar-refractivity contribution in [2.75, 3.05) is 11.9 Å². The fraction of sp³-hybridized carbons (Fsp3) is 0.600. The lowest BCUT2D eigenvalue weighted by molar-refractivity contribution is 0.0697. The van der Waals surface area contributed by atoms with Gasteiger partial charge in [0, 0.05) is 6.54 Å². The first-order chi connectivity index (χ1) is 9.56. The number of hydrogen-bond acceptors (Lipinski definition) is 3. The molecule has 1 aromatic rings. The van der Waals surface area contributed by atoms with E-state index < -0.39 is 5.97 Å². The van der Waals surface area contributed by atoms with Gasteiger partial charge in [0.15, 0.2) is 0 Å². The van der Waals surface area contributed by atoms with Gasteiger partial charge in [-0.2, -0.15) is 0 Å². The molecule has 20 heavy (non-hydrogen) atoms. The van der Waals surface area contributed by atoms with Crippen LogP contribution in [0.25, 0.3) is 0 Å². The van der Waals surface area contributed by atoms with Gasteiger partial charge in [-0.05, 0) is 36.8 Å². The van der Waals surface area contributed by atoms with Crippen molar-refractivity contribution in [3.05, 3.63) is 22.8 Å². The highest BCUT2D eigenvalue weighted by Crippen LogP contribution is 2.30. The summed E-state index contributed by atoms with van der Waals surface area (Å²) in [6.45, 7) is 3.05. The number of aromatic carboxylic acids is 1. The van der Waals surface area contributed by atoms with Gasteiger partial charge in [0.1, 0.15) is 16.5 Å². The average Bonchev–Trinajstić information content (AvgIpc) is 2.38. The summed E-state index contributed by atoms with van der Waals surface area (Å²) in [6.07, 6.45) is 6.25. The molecule has 0 aromatic carbocycles. The Balaban J connectivity index is 1.90. The second-order valence-electron chi connectivity index (χ2n) is 5.69. The molecule has 1 saturated carbocycles. The monoisotopic (exact) mass is 296 g/mol. The zero-order chi connectivity index (χ0) is 14.5. The Bertz CT molecular complexity index is 479. The first-order valence-corrected chi connectivity index (χ1v) is 7.57. The quantitative estimate of drug-likeness (QED) is 0.804. The Morgan fingerprint density at radius 2 is 2.30 bits per heavy atom. The normalized spacial score (nSPS) is 22.5. The van der Waals surface area contributed by atoms with Crippen molar-refractivity contribution in [3.63, 3.8) is 0 Å². The first kappa shape index (κ1) is 15.1. The molecule has 1 heterocycles. The predicted octanol–water partition coefficient (Wildman–Crippen LogP) is 4.06. The molecule has 2 rings (SSSR count). The standard InChI is InChI=1S/C15H21ClN2O2/c1-10-3-2-4-11(9-10)7-8-17-14-12(15(19)20)5-6-13(16)18-14/h5-6,10-11H,2-4,7-9H2,1H3,(H,17,18)(H,19,20). The number of carbonyl (C=O) groups is 1. The van der Waals surface area contributed by atoms with Crippen LogP contribution in [0.4, 0.5) is 5.82 Å². The summed E-state index contributed by atoms with van der Waals surface area (Å²) in [5.41, 5.74) is 0.173. The maximum Gasteiger partial charge on any atom is 0.339 e. The fourth-order valence-corrected chi connectivity index (χ4v) is 3.11. The van der Waals surface area contributed by atoms with Crippen LogP contribution >= 0.6 is 11.6 Å². The largest absolute Gasteiger partial charge is 0.478 e. The Hall–Kier alpha value is -1.29. The van der Waals surface area contributed by atoms with Crippen LogP contribution in [0.2, 0.25) is 5.15 Å². The molecule has 1 aromatic heterocycles. The van der Waals surface area contributed by atoms with Crippen molar-refractivity contribution in [1.29, 1.82) is 0 Å². The molecule has 0 radical (unpaired) electrons. The molecular weight excluding hydrogens is 276 g/mol. The number of nitrogens with zero attached hydrogens (tertiary/aromatic N) is 1. The Morgan fingerprint density at radius 1 is 1.50 bits per heavy atom. The van der Waals surface area contributed by atoms with Gasteiger partial charge in [-0.25, -0.2) is 9.78 Å². The zero-order valence-corrected chi connectivity index (χ0v) is 12.5. The Kier molecular flexibility index (Phi) is 5.24. The molecule has 5 heteroatoms. The second-order valence-corrected chi connectivity index (χ2v) is 6.08. The third kappa shape index (κ3) is 4.10. The highest BCUT2D eigenvalue weighted by atomic mass is 35.5. The molecule has 0 saturated heterocycles. The topological polar surface area (TPSA) is 62.2 Å². The smallest absolute Gasteiger partial charge is 0.339 e. The number of hydrogen-bond donors (Lipinski definition) is 2. The molecule has 2 atom stereocenters. The zero-order valence-electron chi connectivity index (χ0n) is 11.7. The minimum Gasteiger partial charge on any atom is -0.478 e. The number of aromatic nitrogens is 1. The molecule has 0 bridgehead atoms. The molecule has 0 amide bonds. The SMILES string of the molecule is CC1CCCC(CCNc2nc(Cl)ccc2C(=O)O)C1. The van der Waals surface area contributed by atoms with Gasteiger partial charge in [-0.15, -0.1) is 0 Å². The summed E-state index contributed by atoms with van der Waals surface area (Å²) < 4.78 is 0. The average molecular weight is 297 g/mol. The predicted molar refractivity (Wildman–Crippen MR) is 80.4 cm³/mol. The van der Waals surface area contributed by atoms with Gasteiger partial charge in [-0.3, -0.25) is 0 Å². The van der Waals surface area contributed by atoms with Crippen molar-refractivity contribution < 1.29 is 9.90 Å². The number of carboxylic acid groups (broad SMARTS) is 1. The molecule has 4 nitrogen and oxygen atoms in total. The van der Waals surface area contributed by atoms with Crippen LogP contribution in [0.5, 0.6) is 0 Å². The maximum absolute atomic E-state index is 11.1. The number of rotatable bonds is 5. The molecule has 1 aliphatic rings. The fourth-order valence-electron chi connectivity index (χ4n) is 2.96. The van der Waals surface area contributed by atoms with Gasteiger partial charge in [0.05, 0.1) is 0 Å². The minimum atomic E-state index is -0.983. The first-order valence-electron chi connectivity index (χ1n) is 7.20. The lowest BCUT2D eigenvalue weighted by atomic mass is 9.81.